The zero-order valence-corrected chi connectivity index (χ0v) is 12.2. The van der Waals surface area contributed by atoms with E-state index in [1.165, 1.54) is 31.5 Å². The summed E-state index contributed by atoms with van der Waals surface area (Å²) in [5, 5.41) is 3.60. The largest absolute Gasteiger partial charge is 0.494 e. The van der Waals surface area contributed by atoms with E-state index in [0.717, 1.165) is 25.4 Å². The lowest BCUT2D eigenvalue weighted by Gasteiger charge is -2.20. The Bertz CT molecular complexity index is 375. The van der Waals surface area contributed by atoms with Crippen LogP contribution in [-0.4, -0.2) is 37.7 Å². The maximum atomic E-state index is 5.69. The normalized spacial score (nSPS) is 17.6. The van der Waals surface area contributed by atoms with Crippen molar-refractivity contribution in [3.8, 4) is 5.75 Å². The summed E-state index contributed by atoms with van der Waals surface area (Å²) >= 11 is 0. The van der Waals surface area contributed by atoms with E-state index < -0.39 is 0 Å². The van der Waals surface area contributed by atoms with Gasteiger partial charge in [0.15, 0.2) is 0 Å². The molecule has 0 aliphatic carbocycles. The van der Waals surface area contributed by atoms with Crippen LogP contribution >= 0.6 is 0 Å². The molecule has 0 spiro atoms. The van der Waals surface area contributed by atoms with E-state index in [-0.39, 0.29) is 0 Å². The molecule has 1 saturated heterocycles. The Kier molecular flexibility index (Phi) is 5.67. The molecule has 2 rings (SSSR count). The summed E-state index contributed by atoms with van der Waals surface area (Å²) in [6.07, 6.45) is 2.73. The van der Waals surface area contributed by atoms with Crippen molar-refractivity contribution < 1.29 is 4.74 Å². The Labute approximate surface area is 116 Å². The molecule has 0 aromatic heterocycles. The summed E-state index contributed by atoms with van der Waals surface area (Å²) in [6, 6.07) is 8.66. The number of nitrogens with zero attached hydrogens (tertiary/aromatic N) is 1. The maximum absolute atomic E-state index is 5.69. The van der Waals surface area contributed by atoms with Crippen molar-refractivity contribution in [2.45, 2.75) is 32.7 Å². The van der Waals surface area contributed by atoms with Crippen molar-refractivity contribution in [2.24, 2.45) is 0 Å². The molecule has 0 saturated carbocycles. The van der Waals surface area contributed by atoms with E-state index in [0.29, 0.717) is 6.04 Å². The molecule has 3 heteroatoms. The number of rotatable bonds is 7. The third-order valence-electron chi connectivity index (χ3n) is 3.76. The average Bonchev–Trinajstić information content (AvgIpc) is 2.93. The summed E-state index contributed by atoms with van der Waals surface area (Å²) in [5.41, 5.74) is 1.26. The van der Waals surface area contributed by atoms with Crippen molar-refractivity contribution in [2.75, 3.05) is 32.8 Å². The Morgan fingerprint density at radius 2 is 2.00 bits per heavy atom. The Balaban J connectivity index is 1.82. The molecule has 1 fully saturated rings. The Hall–Kier alpha value is -1.06. The first kappa shape index (κ1) is 14.4. The first-order valence-corrected chi connectivity index (χ1v) is 7.48. The van der Waals surface area contributed by atoms with E-state index in [1.54, 1.807) is 0 Å². The van der Waals surface area contributed by atoms with Crippen LogP contribution in [0, 0.1) is 0 Å². The molecule has 0 bridgehead atoms. The molecule has 1 aliphatic rings. The highest BCUT2D eigenvalue weighted by atomic mass is 16.5. The highest BCUT2D eigenvalue weighted by Gasteiger charge is 2.13. The van der Waals surface area contributed by atoms with Crippen molar-refractivity contribution in [1.82, 2.24) is 10.2 Å². The zero-order chi connectivity index (χ0) is 13.5. The number of nitrogens with one attached hydrogen (secondary N) is 1. The lowest BCUT2D eigenvalue weighted by atomic mass is 10.1. The van der Waals surface area contributed by atoms with Gasteiger partial charge in [-0.2, -0.15) is 0 Å². The smallest absolute Gasteiger partial charge is 0.124 e. The van der Waals surface area contributed by atoms with Crippen LogP contribution in [-0.2, 0) is 0 Å². The number of ether oxygens (including phenoxy) is 1. The number of hydrogen-bond acceptors (Lipinski definition) is 3. The topological polar surface area (TPSA) is 24.5 Å². The minimum absolute atomic E-state index is 0.338. The molecule has 3 nitrogen and oxygen atoms in total. The SMILES string of the molecule is CCOc1ccccc1C(C)NCCN1CCCC1. The molecule has 1 N–H and O–H groups in total. The van der Waals surface area contributed by atoms with Gasteiger partial charge in [-0.05, 0) is 45.8 Å². The van der Waals surface area contributed by atoms with Crippen LogP contribution in [0.5, 0.6) is 5.75 Å². The molecule has 19 heavy (non-hydrogen) atoms. The second-order valence-corrected chi connectivity index (χ2v) is 5.20. The van der Waals surface area contributed by atoms with E-state index >= 15 is 0 Å². The van der Waals surface area contributed by atoms with Crippen molar-refractivity contribution >= 4 is 0 Å². The Morgan fingerprint density at radius 1 is 1.26 bits per heavy atom. The molecule has 1 aromatic carbocycles. The Morgan fingerprint density at radius 3 is 2.74 bits per heavy atom. The van der Waals surface area contributed by atoms with Crippen LogP contribution < -0.4 is 10.1 Å². The molecular weight excluding hydrogens is 236 g/mol. The van der Waals surface area contributed by atoms with Crippen LogP contribution in [0.1, 0.15) is 38.3 Å². The minimum Gasteiger partial charge on any atom is -0.494 e. The second kappa shape index (κ2) is 7.51. The fourth-order valence-electron chi connectivity index (χ4n) is 2.68. The van der Waals surface area contributed by atoms with Crippen molar-refractivity contribution in [1.29, 1.82) is 0 Å². The predicted molar refractivity (Wildman–Crippen MR) is 79.7 cm³/mol. The summed E-state index contributed by atoms with van der Waals surface area (Å²) in [5.74, 6) is 1.01. The summed E-state index contributed by atoms with van der Waals surface area (Å²) in [7, 11) is 0. The molecule has 1 unspecified atom stereocenters. The highest BCUT2D eigenvalue weighted by molar-refractivity contribution is 5.35. The minimum atomic E-state index is 0.338. The number of benzene rings is 1. The van der Waals surface area contributed by atoms with Gasteiger partial charge in [0.1, 0.15) is 5.75 Å². The molecule has 1 aliphatic heterocycles. The van der Waals surface area contributed by atoms with Crippen LogP contribution in [0.4, 0.5) is 0 Å². The van der Waals surface area contributed by atoms with Gasteiger partial charge in [0.05, 0.1) is 6.61 Å². The fourth-order valence-corrected chi connectivity index (χ4v) is 2.68. The summed E-state index contributed by atoms with van der Waals surface area (Å²) < 4.78 is 5.69. The van der Waals surface area contributed by atoms with Crippen molar-refractivity contribution in [3.63, 3.8) is 0 Å². The van der Waals surface area contributed by atoms with Crippen LogP contribution in [0.2, 0.25) is 0 Å². The fraction of sp³-hybridized carbons (Fsp3) is 0.625. The van der Waals surface area contributed by atoms with E-state index in [4.69, 9.17) is 4.74 Å². The van der Waals surface area contributed by atoms with E-state index in [1.807, 2.05) is 13.0 Å². The summed E-state index contributed by atoms with van der Waals surface area (Å²) in [6.45, 7) is 9.70. The first-order chi connectivity index (χ1) is 9.31. The third kappa shape index (κ3) is 4.22. The molecule has 1 atom stereocenters. The monoisotopic (exact) mass is 262 g/mol. The third-order valence-corrected chi connectivity index (χ3v) is 3.76. The van der Waals surface area contributed by atoms with Gasteiger partial charge in [-0.3, -0.25) is 0 Å². The molecule has 1 heterocycles. The second-order valence-electron chi connectivity index (χ2n) is 5.20. The number of hydrogen-bond donors (Lipinski definition) is 1. The standard InChI is InChI=1S/C16H26N2O/c1-3-19-16-9-5-4-8-15(16)14(2)17-10-13-18-11-6-7-12-18/h4-5,8-9,14,17H,3,6-7,10-13H2,1-2H3. The van der Waals surface area contributed by atoms with Gasteiger partial charge >= 0.3 is 0 Å². The molecule has 106 valence electrons. The van der Waals surface area contributed by atoms with Crippen LogP contribution in [0.3, 0.4) is 0 Å². The lowest BCUT2D eigenvalue weighted by Crippen LogP contribution is -2.31. The van der Waals surface area contributed by atoms with Gasteiger partial charge in [0.25, 0.3) is 0 Å². The number of likely N-dealkylation sites (tertiary alicyclic amines) is 1. The molecular formula is C16H26N2O. The molecule has 0 amide bonds. The van der Waals surface area contributed by atoms with E-state index in [9.17, 15) is 0 Å². The zero-order valence-electron chi connectivity index (χ0n) is 12.2. The van der Waals surface area contributed by atoms with Crippen LogP contribution in [0.25, 0.3) is 0 Å². The summed E-state index contributed by atoms with van der Waals surface area (Å²) in [4.78, 5) is 2.54. The first-order valence-electron chi connectivity index (χ1n) is 7.48. The number of para-hydroxylation sites is 1. The van der Waals surface area contributed by atoms with Gasteiger partial charge in [0.2, 0.25) is 0 Å². The highest BCUT2D eigenvalue weighted by Crippen LogP contribution is 2.24. The quantitative estimate of drug-likeness (QED) is 0.818. The van der Waals surface area contributed by atoms with Crippen molar-refractivity contribution in [3.05, 3.63) is 29.8 Å². The lowest BCUT2D eigenvalue weighted by molar-refractivity contribution is 0.320. The van der Waals surface area contributed by atoms with E-state index in [2.05, 4.69) is 35.3 Å². The van der Waals surface area contributed by atoms with Crippen LogP contribution in [0.15, 0.2) is 24.3 Å². The molecule has 0 radical (unpaired) electrons. The molecule has 1 aromatic rings. The van der Waals surface area contributed by atoms with Gasteiger partial charge in [0, 0.05) is 24.7 Å². The van der Waals surface area contributed by atoms with Gasteiger partial charge in [-0.15, -0.1) is 0 Å². The average molecular weight is 262 g/mol. The maximum Gasteiger partial charge on any atom is 0.124 e. The van der Waals surface area contributed by atoms with Gasteiger partial charge < -0.3 is 15.0 Å². The predicted octanol–water partition coefficient (Wildman–Crippen LogP) is 2.83. The van der Waals surface area contributed by atoms with Gasteiger partial charge in [-0.1, -0.05) is 18.2 Å². The van der Waals surface area contributed by atoms with Gasteiger partial charge in [-0.25, -0.2) is 0 Å².